The van der Waals surface area contributed by atoms with Crippen LogP contribution >= 0.6 is 11.3 Å². The summed E-state index contributed by atoms with van der Waals surface area (Å²) < 4.78 is 1.24. The van der Waals surface area contributed by atoms with Crippen LogP contribution in [0.25, 0.3) is 21.1 Å². The van der Waals surface area contributed by atoms with E-state index in [2.05, 4.69) is 70.9 Å². The highest BCUT2D eigenvalue weighted by Gasteiger charge is 2.28. The van der Waals surface area contributed by atoms with E-state index < -0.39 is 0 Å². The molecule has 130 valence electrons. The molecular formula is C21H20N4S. The molecule has 0 radical (unpaired) electrons. The first-order valence-corrected chi connectivity index (χ1v) is 9.86. The van der Waals surface area contributed by atoms with Gasteiger partial charge < -0.3 is 5.32 Å². The number of nitrogens with one attached hydrogen (secondary N) is 1. The Bertz CT molecular complexity index is 1020. The van der Waals surface area contributed by atoms with Crippen molar-refractivity contribution in [1.29, 1.82) is 0 Å². The number of hydrogen-bond acceptors (Lipinski definition) is 5. The van der Waals surface area contributed by atoms with E-state index in [4.69, 9.17) is 9.97 Å². The predicted molar refractivity (Wildman–Crippen MR) is 108 cm³/mol. The highest BCUT2D eigenvalue weighted by molar-refractivity contribution is 7.18. The van der Waals surface area contributed by atoms with Crippen LogP contribution in [0.2, 0.25) is 0 Å². The molecule has 0 saturated carbocycles. The summed E-state index contributed by atoms with van der Waals surface area (Å²) in [5.74, 6) is 0. The third-order valence-electron chi connectivity index (χ3n) is 4.96. The molecule has 0 aliphatic carbocycles. The number of hydrogen-bond donors (Lipinski definition) is 1. The minimum absolute atomic E-state index is 0.110. The van der Waals surface area contributed by atoms with Gasteiger partial charge in [-0.05, 0) is 24.3 Å². The summed E-state index contributed by atoms with van der Waals surface area (Å²) >= 11 is 1.79. The van der Waals surface area contributed by atoms with Crippen LogP contribution in [0.3, 0.4) is 0 Å². The van der Waals surface area contributed by atoms with Crippen LogP contribution in [-0.2, 0) is 0 Å². The molecule has 1 N–H and O–H groups in total. The van der Waals surface area contributed by atoms with Crippen LogP contribution in [0.15, 0.2) is 60.7 Å². The summed E-state index contributed by atoms with van der Waals surface area (Å²) in [6, 6.07) is 21.2. The Morgan fingerprint density at radius 1 is 0.846 bits per heavy atom. The Hall–Kier alpha value is -2.34. The normalized spacial score (nSPS) is 16.9. The number of rotatable bonds is 3. The molecule has 1 saturated heterocycles. The molecule has 2 aromatic carbocycles. The number of piperazine rings is 1. The fraction of sp³-hybridized carbons (Fsp3) is 0.238. The van der Waals surface area contributed by atoms with Gasteiger partial charge in [-0.2, -0.15) is 0 Å². The maximum atomic E-state index is 5.00. The average Bonchev–Trinajstić information content (AvgIpc) is 3.12. The molecular weight excluding hydrogens is 340 g/mol. The molecule has 1 aliphatic heterocycles. The first-order valence-electron chi connectivity index (χ1n) is 9.04. The maximum absolute atomic E-state index is 5.00. The molecule has 1 unspecified atom stereocenters. The van der Waals surface area contributed by atoms with Crippen molar-refractivity contribution in [2.45, 2.75) is 6.04 Å². The lowest BCUT2D eigenvalue weighted by Gasteiger charge is -2.33. The number of aromatic nitrogens is 2. The lowest BCUT2D eigenvalue weighted by molar-refractivity contribution is 0.195. The molecule has 0 bridgehead atoms. The first kappa shape index (κ1) is 15.9. The summed E-state index contributed by atoms with van der Waals surface area (Å²) in [6.07, 6.45) is 0. The zero-order valence-electron chi connectivity index (χ0n) is 14.4. The third kappa shape index (κ3) is 2.88. The van der Waals surface area contributed by atoms with E-state index in [1.165, 1.54) is 10.1 Å². The Balaban J connectivity index is 1.64. The molecule has 1 fully saturated rings. The van der Waals surface area contributed by atoms with Crippen molar-refractivity contribution in [2.24, 2.45) is 0 Å². The highest BCUT2D eigenvalue weighted by atomic mass is 32.1. The van der Waals surface area contributed by atoms with Gasteiger partial charge in [0.15, 0.2) is 0 Å². The number of para-hydroxylation sites is 2. The standard InChI is InChI=1S/C21H20N4S/c1-2-6-16-15(5-1)9-10-18(23-16)20(25-13-11-22-12-14-25)21-24-17-7-3-4-8-19(17)26-21/h1-10,20,22H,11-14H2. The second kappa shape index (κ2) is 6.76. The zero-order valence-corrected chi connectivity index (χ0v) is 15.2. The minimum atomic E-state index is 0.110. The smallest absolute Gasteiger partial charge is 0.117 e. The van der Waals surface area contributed by atoms with Crippen molar-refractivity contribution in [3.8, 4) is 0 Å². The van der Waals surface area contributed by atoms with E-state index in [0.29, 0.717) is 0 Å². The summed E-state index contributed by atoms with van der Waals surface area (Å²) in [7, 11) is 0. The summed E-state index contributed by atoms with van der Waals surface area (Å²) in [6.45, 7) is 4.04. The molecule has 0 amide bonds. The molecule has 4 aromatic rings. The van der Waals surface area contributed by atoms with Gasteiger partial charge in [-0.3, -0.25) is 9.88 Å². The van der Waals surface area contributed by atoms with Gasteiger partial charge in [0, 0.05) is 31.6 Å². The number of pyridine rings is 1. The van der Waals surface area contributed by atoms with Gasteiger partial charge in [-0.25, -0.2) is 4.98 Å². The van der Waals surface area contributed by atoms with E-state index in [0.717, 1.165) is 47.9 Å². The van der Waals surface area contributed by atoms with Crippen LogP contribution in [0.1, 0.15) is 16.7 Å². The fourth-order valence-electron chi connectivity index (χ4n) is 3.65. The predicted octanol–water partition coefficient (Wildman–Crippen LogP) is 3.84. The van der Waals surface area contributed by atoms with Gasteiger partial charge >= 0.3 is 0 Å². The van der Waals surface area contributed by atoms with Gasteiger partial charge in [0.25, 0.3) is 0 Å². The van der Waals surface area contributed by atoms with Gasteiger partial charge in [0.2, 0.25) is 0 Å². The van der Waals surface area contributed by atoms with Gasteiger partial charge in [-0.15, -0.1) is 11.3 Å². The van der Waals surface area contributed by atoms with E-state index in [1.54, 1.807) is 11.3 Å². The lowest BCUT2D eigenvalue weighted by Crippen LogP contribution is -2.45. The zero-order chi connectivity index (χ0) is 17.3. The van der Waals surface area contributed by atoms with Crippen LogP contribution in [-0.4, -0.2) is 41.0 Å². The van der Waals surface area contributed by atoms with Crippen LogP contribution in [0.5, 0.6) is 0 Å². The van der Waals surface area contributed by atoms with Gasteiger partial charge in [0.05, 0.1) is 21.4 Å². The summed E-state index contributed by atoms with van der Waals surface area (Å²) in [4.78, 5) is 12.5. The molecule has 2 aromatic heterocycles. The quantitative estimate of drug-likeness (QED) is 0.603. The SMILES string of the molecule is c1ccc2nc(C(c3nc4ccccc4s3)N3CCNCC3)ccc2c1. The van der Waals surface area contributed by atoms with Crippen molar-refractivity contribution in [3.05, 3.63) is 71.4 Å². The van der Waals surface area contributed by atoms with Crippen molar-refractivity contribution in [2.75, 3.05) is 26.2 Å². The fourth-order valence-corrected chi connectivity index (χ4v) is 4.77. The molecule has 1 atom stereocenters. The Kier molecular flexibility index (Phi) is 4.13. The number of benzene rings is 2. The first-order chi connectivity index (χ1) is 12.9. The van der Waals surface area contributed by atoms with Crippen molar-refractivity contribution in [3.63, 3.8) is 0 Å². The third-order valence-corrected chi connectivity index (χ3v) is 6.05. The van der Waals surface area contributed by atoms with Gasteiger partial charge in [-0.1, -0.05) is 36.4 Å². The number of fused-ring (bicyclic) bond motifs is 2. The molecule has 26 heavy (non-hydrogen) atoms. The largest absolute Gasteiger partial charge is 0.314 e. The summed E-state index contributed by atoms with van der Waals surface area (Å²) in [5.41, 5.74) is 3.21. The van der Waals surface area contributed by atoms with Crippen LogP contribution < -0.4 is 5.32 Å². The topological polar surface area (TPSA) is 41.1 Å². The average molecular weight is 360 g/mol. The van der Waals surface area contributed by atoms with E-state index in [9.17, 15) is 0 Å². The van der Waals surface area contributed by atoms with E-state index in [-0.39, 0.29) is 6.04 Å². The van der Waals surface area contributed by atoms with E-state index in [1.807, 2.05) is 0 Å². The number of thiazole rings is 1. The molecule has 4 nitrogen and oxygen atoms in total. The Labute approximate surface area is 156 Å². The van der Waals surface area contributed by atoms with E-state index >= 15 is 0 Å². The molecule has 5 rings (SSSR count). The second-order valence-corrected chi connectivity index (χ2v) is 7.70. The lowest BCUT2D eigenvalue weighted by atomic mass is 10.1. The molecule has 3 heterocycles. The van der Waals surface area contributed by atoms with Crippen molar-refractivity contribution >= 4 is 32.5 Å². The van der Waals surface area contributed by atoms with Gasteiger partial charge in [0.1, 0.15) is 11.0 Å². The molecule has 1 aliphatic rings. The summed E-state index contributed by atoms with van der Waals surface area (Å²) in [5, 5.41) is 5.76. The van der Waals surface area contributed by atoms with Crippen LogP contribution in [0, 0.1) is 0 Å². The minimum Gasteiger partial charge on any atom is -0.314 e. The Morgan fingerprint density at radius 2 is 1.62 bits per heavy atom. The Morgan fingerprint density at radius 3 is 2.46 bits per heavy atom. The maximum Gasteiger partial charge on any atom is 0.117 e. The number of nitrogens with zero attached hydrogens (tertiary/aromatic N) is 3. The second-order valence-electron chi connectivity index (χ2n) is 6.64. The molecule has 5 heteroatoms. The monoisotopic (exact) mass is 360 g/mol. The highest BCUT2D eigenvalue weighted by Crippen LogP contribution is 2.34. The van der Waals surface area contributed by atoms with Crippen molar-refractivity contribution < 1.29 is 0 Å². The van der Waals surface area contributed by atoms with Crippen LogP contribution in [0.4, 0.5) is 0 Å². The molecule has 0 spiro atoms. The van der Waals surface area contributed by atoms with Crippen molar-refractivity contribution in [1.82, 2.24) is 20.2 Å².